The van der Waals surface area contributed by atoms with Crippen LogP contribution in [-0.2, 0) is 5.41 Å². The van der Waals surface area contributed by atoms with Gasteiger partial charge in [-0.15, -0.1) is 0 Å². The number of fused-ring (bicyclic) bond motifs is 1. The standard InChI is InChI=1S/C18H20NO/c1-18(2,3)16-11-7-8-14-12-19(13-20-17(14)16)15-9-5-4-6-10-15/h4-12H,13H2,1-3H3/q+1. The minimum Gasteiger partial charge on any atom is -0.435 e. The third-order valence-electron chi connectivity index (χ3n) is 3.58. The summed E-state index contributed by atoms with van der Waals surface area (Å²) in [6.45, 7) is 7.21. The molecule has 0 aromatic heterocycles. The molecule has 102 valence electrons. The van der Waals surface area contributed by atoms with Crippen LogP contribution in [0.2, 0.25) is 0 Å². The van der Waals surface area contributed by atoms with Gasteiger partial charge in [0.2, 0.25) is 5.69 Å². The second kappa shape index (κ2) is 4.78. The van der Waals surface area contributed by atoms with Gasteiger partial charge in [0.25, 0.3) is 6.73 Å². The molecular weight excluding hydrogens is 246 g/mol. The lowest BCUT2D eigenvalue weighted by atomic mass is 9.85. The number of ether oxygens (including phenoxy) is 1. The molecule has 0 amide bonds. The maximum Gasteiger partial charge on any atom is 0.292 e. The van der Waals surface area contributed by atoms with Crippen molar-refractivity contribution in [2.24, 2.45) is 0 Å². The molecule has 0 saturated heterocycles. The van der Waals surface area contributed by atoms with Crippen LogP contribution in [0.25, 0.3) is 0 Å². The van der Waals surface area contributed by atoms with Gasteiger partial charge in [-0.05, 0) is 11.5 Å². The maximum absolute atomic E-state index is 6.04. The lowest BCUT2D eigenvalue weighted by Crippen LogP contribution is -2.24. The first-order chi connectivity index (χ1) is 9.55. The van der Waals surface area contributed by atoms with Gasteiger partial charge in [-0.1, -0.05) is 51.1 Å². The zero-order valence-electron chi connectivity index (χ0n) is 12.3. The number of benzene rings is 2. The highest BCUT2D eigenvalue weighted by Crippen LogP contribution is 2.35. The van der Waals surface area contributed by atoms with Crippen LogP contribution in [0.15, 0.2) is 48.5 Å². The van der Waals surface area contributed by atoms with Gasteiger partial charge in [-0.2, -0.15) is 4.58 Å². The summed E-state index contributed by atoms with van der Waals surface area (Å²) < 4.78 is 8.18. The largest absolute Gasteiger partial charge is 0.435 e. The van der Waals surface area contributed by atoms with Gasteiger partial charge in [0.1, 0.15) is 5.75 Å². The van der Waals surface area contributed by atoms with Gasteiger partial charge in [-0.3, -0.25) is 0 Å². The first-order valence-electron chi connectivity index (χ1n) is 6.98. The van der Waals surface area contributed by atoms with Crippen LogP contribution >= 0.6 is 0 Å². The lowest BCUT2D eigenvalue weighted by Gasteiger charge is -2.24. The fourth-order valence-electron chi connectivity index (χ4n) is 2.52. The summed E-state index contributed by atoms with van der Waals surface area (Å²) in [4.78, 5) is 0. The minimum atomic E-state index is 0.0914. The van der Waals surface area contributed by atoms with E-state index >= 15 is 0 Å². The van der Waals surface area contributed by atoms with Crippen molar-refractivity contribution in [2.45, 2.75) is 26.2 Å². The molecule has 20 heavy (non-hydrogen) atoms. The maximum atomic E-state index is 6.04. The van der Waals surface area contributed by atoms with Crippen LogP contribution in [0, 0.1) is 0 Å². The Morgan fingerprint density at radius 3 is 2.40 bits per heavy atom. The molecule has 2 aromatic rings. The molecule has 0 spiro atoms. The zero-order valence-corrected chi connectivity index (χ0v) is 12.3. The van der Waals surface area contributed by atoms with Crippen LogP contribution in [0.5, 0.6) is 5.75 Å². The molecule has 0 aliphatic carbocycles. The Hall–Kier alpha value is -2.09. The van der Waals surface area contributed by atoms with E-state index in [4.69, 9.17) is 4.74 Å². The Morgan fingerprint density at radius 1 is 0.950 bits per heavy atom. The molecule has 0 radical (unpaired) electrons. The van der Waals surface area contributed by atoms with Gasteiger partial charge < -0.3 is 4.74 Å². The van der Waals surface area contributed by atoms with Crippen LogP contribution < -0.4 is 4.74 Å². The smallest absolute Gasteiger partial charge is 0.292 e. The van der Waals surface area contributed by atoms with Crippen molar-refractivity contribution in [2.75, 3.05) is 6.73 Å². The van der Waals surface area contributed by atoms with E-state index in [2.05, 4.69) is 61.9 Å². The van der Waals surface area contributed by atoms with E-state index in [0.29, 0.717) is 6.73 Å². The lowest BCUT2D eigenvalue weighted by molar-refractivity contribution is -0.476. The summed E-state index contributed by atoms with van der Waals surface area (Å²) in [6, 6.07) is 16.7. The fourth-order valence-corrected chi connectivity index (χ4v) is 2.52. The van der Waals surface area contributed by atoms with Crippen LogP contribution in [0.3, 0.4) is 0 Å². The summed E-state index contributed by atoms with van der Waals surface area (Å²) in [5.41, 5.74) is 3.65. The summed E-state index contributed by atoms with van der Waals surface area (Å²) in [7, 11) is 0. The van der Waals surface area contributed by atoms with Gasteiger partial charge in [-0.25, -0.2) is 0 Å². The highest BCUT2D eigenvalue weighted by atomic mass is 16.5. The molecule has 1 aliphatic rings. The molecule has 3 rings (SSSR count). The number of hydrogen-bond acceptors (Lipinski definition) is 1. The average molecular weight is 266 g/mol. The molecule has 2 heteroatoms. The second-order valence-corrected chi connectivity index (χ2v) is 6.18. The topological polar surface area (TPSA) is 12.2 Å². The number of rotatable bonds is 1. The van der Waals surface area contributed by atoms with Crippen LogP contribution in [0.1, 0.15) is 31.9 Å². The minimum absolute atomic E-state index is 0.0914. The third kappa shape index (κ3) is 2.34. The summed E-state index contributed by atoms with van der Waals surface area (Å²) >= 11 is 0. The quantitative estimate of drug-likeness (QED) is 0.708. The van der Waals surface area contributed by atoms with Gasteiger partial charge >= 0.3 is 0 Å². The monoisotopic (exact) mass is 266 g/mol. The second-order valence-electron chi connectivity index (χ2n) is 6.18. The summed E-state index contributed by atoms with van der Waals surface area (Å²) in [5, 5.41) is 0. The van der Waals surface area contributed by atoms with E-state index in [1.807, 2.05) is 18.2 Å². The molecular formula is C18H20NO+. The van der Waals surface area contributed by atoms with Crippen molar-refractivity contribution in [1.29, 1.82) is 0 Å². The van der Waals surface area contributed by atoms with Crippen LogP contribution in [-0.4, -0.2) is 17.5 Å². The number of nitrogens with zero attached hydrogens (tertiary/aromatic N) is 1. The Labute approximate surface area is 120 Å². The Bertz CT molecular complexity index is 651. The summed E-state index contributed by atoms with van der Waals surface area (Å²) in [5.74, 6) is 1.02. The first kappa shape index (κ1) is 12.9. The number of para-hydroxylation sites is 2. The first-order valence-corrected chi connectivity index (χ1v) is 6.98. The predicted molar refractivity (Wildman–Crippen MR) is 82.2 cm³/mol. The third-order valence-corrected chi connectivity index (χ3v) is 3.58. The Kier molecular flexibility index (Phi) is 3.09. The Morgan fingerprint density at radius 2 is 1.70 bits per heavy atom. The van der Waals surface area contributed by atoms with Gasteiger partial charge in [0.05, 0.1) is 5.56 Å². The Balaban J connectivity index is 2.07. The normalized spacial score (nSPS) is 14.2. The van der Waals surface area contributed by atoms with E-state index in [0.717, 1.165) is 17.0 Å². The molecule has 2 nitrogen and oxygen atoms in total. The molecule has 1 heterocycles. The molecule has 0 fully saturated rings. The average Bonchev–Trinajstić information content (AvgIpc) is 2.46. The fraction of sp³-hybridized carbons (Fsp3) is 0.278. The van der Waals surface area contributed by atoms with Crippen molar-refractivity contribution < 1.29 is 9.31 Å². The highest BCUT2D eigenvalue weighted by Gasteiger charge is 2.26. The zero-order chi connectivity index (χ0) is 14.2. The molecule has 0 N–H and O–H groups in total. The van der Waals surface area contributed by atoms with E-state index in [9.17, 15) is 0 Å². The van der Waals surface area contributed by atoms with Crippen molar-refractivity contribution in [3.05, 3.63) is 59.7 Å². The van der Waals surface area contributed by atoms with Crippen molar-refractivity contribution >= 4 is 11.9 Å². The van der Waals surface area contributed by atoms with E-state index in [1.165, 1.54) is 5.56 Å². The van der Waals surface area contributed by atoms with Crippen LogP contribution in [0.4, 0.5) is 5.69 Å². The van der Waals surface area contributed by atoms with Gasteiger partial charge in [0.15, 0.2) is 6.21 Å². The molecule has 0 unspecified atom stereocenters. The molecule has 0 atom stereocenters. The van der Waals surface area contributed by atoms with E-state index < -0.39 is 0 Å². The summed E-state index contributed by atoms with van der Waals surface area (Å²) in [6.07, 6.45) is 2.17. The van der Waals surface area contributed by atoms with E-state index in [1.54, 1.807) is 0 Å². The number of hydrogen-bond donors (Lipinski definition) is 0. The van der Waals surface area contributed by atoms with Crippen molar-refractivity contribution in [1.82, 2.24) is 0 Å². The van der Waals surface area contributed by atoms with Gasteiger partial charge in [0, 0.05) is 17.7 Å². The molecule has 2 aromatic carbocycles. The molecule has 0 bridgehead atoms. The molecule has 1 aliphatic heterocycles. The van der Waals surface area contributed by atoms with Crippen molar-refractivity contribution in [3.8, 4) is 5.75 Å². The SMILES string of the molecule is CC(C)(C)c1cccc2c1OC[N+](c1ccccc1)=C2. The highest BCUT2D eigenvalue weighted by molar-refractivity contribution is 5.82. The predicted octanol–water partition coefficient (Wildman–Crippen LogP) is 4.10. The van der Waals surface area contributed by atoms with E-state index in [-0.39, 0.29) is 5.41 Å². The molecule has 0 saturated carbocycles. The van der Waals surface area contributed by atoms with Crippen molar-refractivity contribution in [3.63, 3.8) is 0 Å².